The van der Waals surface area contributed by atoms with Crippen molar-refractivity contribution in [2.75, 3.05) is 17.2 Å². The summed E-state index contributed by atoms with van der Waals surface area (Å²) in [6.07, 6.45) is 0. The van der Waals surface area contributed by atoms with E-state index in [1.54, 1.807) is 31.2 Å². The molecule has 104 valence electrons. The van der Waals surface area contributed by atoms with Crippen LogP contribution in [0.3, 0.4) is 0 Å². The number of nitrogens with zero attached hydrogens (tertiary/aromatic N) is 1. The van der Waals surface area contributed by atoms with Gasteiger partial charge in [0.05, 0.1) is 5.56 Å². The van der Waals surface area contributed by atoms with Crippen LogP contribution in [0.5, 0.6) is 0 Å². The molecular weight excluding hydrogens is 262 g/mol. The largest absolute Gasteiger partial charge is 0.399 e. The molecule has 0 unspecified atom stereocenters. The Kier molecular flexibility index (Phi) is 3.98. The fourth-order valence-corrected chi connectivity index (χ4v) is 1.91. The first kappa shape index (κ1) is 14.0. The maximum absolute atomic E-state index is 13.7. The SMILES string of the molecule is CCN(C(=O)c1cccc(F)c1F)c1ccc(N)cc1. The normalized spacial score (nSPS) is 10.3. The molecule has 0 fully saturated rings. The Balaban J connectivity index is 2.39. The van der Waals surface area contributed by atoms with E-state index in [0.29, 0.717) is 17.9 Å². The van der Waals surface area contributed by atoms with Crippen LogP contribution >= 0.6 is 0 Å². The lowest BCUT2D eigenvalue weighted by molar-refractivity contribution is 0.0983. The Morgan fingerprint density at radius 3 is 2.40 bits per heavy atom. The molecule has 1 amide bonds. The maximum Gasteiger partial charge on any atom is 0.261 e. The van der Waals surface area contributed by atoms with Gasteiger partial charge in [-0.05, 0) is 43.3 Å². The second-order valence-electron chi connectivity index (χ2n) is 4.24. The van der Waals surface area contributed by atoms with Crippen molar-refractivity contribution in [1.82, 2.24) is 0 Å². The van der Waals surface area contributed by atoms with Crippen LogP contribution in [0.2, 0.25) is 0 Å². The molecule has 0 saturated carbocycles. The van der Waals surface area contributed by atoms with Gasteiger partial charge < -0.3 is 10.6 Å². The smallest absolute Gasteiger partial charge is 0.261 e. The van der Waals surface area contributed by atoms with Crippen LogP contribution in [0, 0.1) is 11.6 Å². The van der Waals surface area contributed by atoms with Crippen LogP contribution in [0.1, 0.15) is 17.3 Å². The van der Waals surface area contributed by atoms with Gasteiger partial charge in [-0.15, -0.1) is 0 Å². The molecule has 3 nitrogen and oxygen atoms in total. The molecule has 2 N–H and O–H groups in total. The molecule has 0 aliphatic rings. The van der Waals surface area contributed by atoms with E-state index in [0.717, 1.165) is 6.07 Å². The van der Waals surface area contributed by atoms with E-state index in [4.69, 9.17) is 5.73 Å². The molecule has 0 bridgehead atoms. The van der Waals surface area contributed by atoms with Gasteiger partial charge in [-0.1, -0.05) is 6.07 Å². The summed E-state index contributed by atoms with van der Waals surface area (Å²) in [7, 11) is 0. The highest BCUT2D eigenvalue weighted by Crippen LogP contribution is 2.20. The van der Waals surface area contributed by atoms with Crippen molar-refractivity contribution in [1.29, 1.82) is 0 Å². The molecule has 0 atom stereocenters. The van der Waals surface area contributed by atoms with Gasteiger partial charge in [0.2, 0.25) is 0 Å². The third-order valence-corrected chi connectivity index (χ3v) is 2.95. The zero-order valence-corrected chi connectivity index (χ0v) is 10.9. The third kappa shape index (κ3) is 2.61. The molecule has 2 aromatic carbocycles. The second kappa shape index (κ2) is 5.69. The average molecular weight is 276 g/mol. The van der Waals surface area contributed by atoms with Crippen LogP contribution in [0.25, 0.3) is 0 Å². The van der Waals surface area contributed by atoms with Gasteiger partial charge in [-0.3, -0.25) is 4.79 Å². The summed E-state index contributed by atoms with van der Waals surface area (Å²) in [5.41, 5.74) is 6.44. The predicted octanol–water partition coefficient (Wildman–Crippen LogP) is 3.21. The average Bonchev–Trinajstić information content (AvgIpc) is 2.44. The number of hydrogen-bond acceptors (Lipinski definition) is 2. The molecule has 2 rings (SSSR count). The fraction of sp³-hybridized carbons (Fsp3) is 0.133. The number of anilines is 2. The number of carbonyl (C=O) groups is 1. The summed E-state index contributed by atoms with van der Waals surface area (Å²) in [5.74, 6) is -2.76. The van der Waals surface area contributed by atoms with Crippen molar-refractivity contribution in [3.63, 3.8) is 0 Å². The van der Waals surface area contributed by atoms with Crippen molar-refractivity contribution < 1.29 is 13.6 Å². The second-order valence-corrected chi connectivity index (χ2v) is 4.24. The van der Waals surface area contributed by atoms with Gasteiger partial charge in [0.15, 0.2) is 11.6 Å². The molecule has 2 aromatic rings. The number of carbonyl (C=O) groups excluding carboxylic acids is 1. The van der Waals surface area contributed by atoms with Gasteiger partial charge >= 0.3 is 0 Å². The Hall–Kier alpha value is -2.43. The predicted molar refractivity (Wildman–Crippen MR) is 74.6 cm³/mol. The van der Waals surface area contributed by atoms with Gasteiger partial charge in [0.1, 0.15) is 0 Å². The molecule has 0 aliphatic carbocycles. The summed E-state index contributed by atoms with van der Waals surface area (Å²) < 4.78 is 26.9. The van der Waals surface area contributed by atoms with Crippen LogP contribution in [0.15, 0.2) is 42.5 Å². The lowest BCUT2D eigenvalue weighted by Crippen LogP contribution is -2.31. The number of halogens is 2. The number of nitrogens with two attached hydrogens (primary N) is 1. The van der Waals surface area contributed by atoms with E-state index < -0.39 is 17.5 Å². The molecule has 0 aromatic heterocycles. The van der Waals surface area contributed by atoms with Crippen LogP contribution < -0.4 is 10.6 Å². The summed E-state index contributed by atoms with van der Waals surface area (Å²) >= 11 is 0. The summed E-state index contributed by atoms with van der Waals surface area (Å²) in [6, 6.07) is 10.2. The quantitative estimate of drug-likeness (QED) is 0.875. The van der Waals surface area contributed by atoms with E-state index in [9.17, 15) is 13.6 Å². The Labute approximate surface area is 115 Å². The Bertz CT molecular complexity index is 626. The molecule has 0 aliphatic heterocycles. The minimum atomic E-state index is -1.13. The van der Waals surface area contributed by atoms with E-state index in [2.05, 4.69) is 0 Å². The van der Waals surface area contributed by atoms with Crippen molar-refractivity contribution in [3.05, 3.63) is 59.7 Å². The van der Waals surface area contributed by atoms with E-state index in [-0.39, 0.29) is 5.56 Å². The Morgan fingerprint density at radius 1 is 1.15 bits per heavy atom. The van der Waals surface area contributed by atoms with Crippen molar-refractivity contribution in [3.8, 4) is 0 Å². The van der Waals surface area contributed by atoms with E-state index >= 15 is 0 Å². The van der Waals surface area contributed by atoms with Crippen LogP contribution in [-0.4, -0.2) is 12.5 Å². The van der Waals surface area contributed by atoms with Crippen molar-refractivity contribution in [2.45, 2.75) is 6.92 Å². The fourth-order valence-electron chi connectivity index (χ4n) is 1.91. The molecule has 0 heterocycles. The first-order valence-corrected chi connectivity index (χ1v) is 6.16. The summed E-state index contributed by atoms with van der Waals surface area (Å²) in [6.45, 7) is 2.09. The summed E-state index contributed by atoms with van der Waals surface area (Å²) in [4.78, 5) is 13.7. The zero-order valence-electron chi connectivity index (χ0n) is 10.9. The van der Waals surface area contributed by atoms with Crippen LogP contribution in [0.4, 0.5) is 20.2 Å². The number of hydrogen-bond donors (Lipinski definition) is 1. The minimum absolute atomic E-state index is 0.288. The molecule has 20 heavy (non-hydrogen) atoms. The van der Waals surface area contributed by atoms with Gasteiger partial charge in [0.25, 0.3) is 5.91 Å². The monoisotopic (exact) mass is 276 g/mol. The topological polar surface area (TPSA) is 46.3 Å². The first-order chi connectivity index (χ1) is 9.54. The lowest BCUT2D eigenvalue weighted by Gasteiger charge is -2.21. The van der Waals surface area contributed by atoms with Crippen LogP contribution in [-0.2, 0) is 0 Å². The first-order valence-electron chi connectivity index (χ1n) is 6.16. The Morgan fingerprint density at radius 2 is 1.80 bits per heavy atom. The van der Waals surface area contributed by atoms with E-state index in [1.165, 1.54) is 17.0 Å². The maximum atomic E-state index is 13.7. The van der Waals surface area contributed by atoms with E-state index in [1.807, 2.05) is 0 Å². The third-order valence-electron chi connectivity index (χ3n) is 2.95. The minimum Gasteiger partial charge on any atom is -0.399 e. The van der Waals surface area contributed by atoms with Gasteiger partial charge in [-0.2, -0.15) is 0 Å². The number of benzene rings is 2. The van der Waals surface area contributed by atoms with Gasteiger partial charge in [-0.25, -0.2) is 8.78 Å². The highest BCUT2D eigenvalue weighted by atomic mass is 19.2. The lowest BCUT2D eigenvalue weighted by atomic mass is 10.1. The molecule has 0 saturated heterocycles. The highest BCUT2D eigenvalue weighted by Gasteiger charge is 2.21. The van der Waals surface area contributed by atoms with Gasteiger partial charge in [0, 0.05) is 17.9 Å². The standard InChI is InChI=1S/C15H14F2N2O/c1-2-19(11-8-6-10(18)7-9-11)15(20)12-4-3-5-13(16)14(12)17/h3-9H,2,18H2,1H3. The number of amides is 1. The van der Waals surface area contributed by atoms with Crippen molar-refractivity contribution >= 4 is 17.3 Å². The van der Waals surface area contributed by atoms with Crippen molar-refractivity contribution in [2.24, 2.45) is 0 Å². The molecule has 5 heteroatoms. The zero-order chi connectivity index (χ0) is 14.7. The molecule has 0 radical (unpaired) electrons. The highest BCUT2D eigenvalue weighted by molar-refractivity contribution is 6.06. The molecule has 0 spiro atoms. The molecular formula is C15H14F2N2O. The number of nitrogen functional groups attached to an aromatic ring is 1. The summed E-state index contributed by atoms with van der Waals surface area (Å²) in [5, 5.41) is 0. The number of rotatable bonds is 3.